The second-order valence-electron chi connectivity index (χ2n) is 10.4. The first-order chi connectivity index (χ1) is 19.7. The highest BCUT2D eigenvalue weighted by Crippen LogP contribution is 2.42. The Morgan fingerprint density at radius 3 is 2.66 bits per heavy atom. The van der Waals surface area contributed by atoms with E-state index < -0.39 is 5.91 Å². The number of amides is 1. The first kappa shape index (κ1) is 27.6. The molecule has 1 aliphatic rings. The molecule has 0 spiro atoms. The van der Waals surface area contributed by atoms with Crippen LogP contribution in [0.25, 0.3) is 27.7 Å². The highest BCUT2D eigenvalue weighted by Gasteiger charge is 2.27. The number of hydrogen-bond acceptors (Lipinski definition) is 9. The maximum absolute atomic E-state index is 12.2. The molecule has 0 aliphatic heterocycles. The Kier molecular flexibility index (Phi) is 7.59. The zero-order chi connectivity index (χ0) is 29.3. The Morgan fingerprint density at radius 1 is 1.24 bits per heavy atom. The minimum Gasteiger partial charge on any atom is -0.479 e. The van der Waals surface area contributed by atoms with Crippen LogP contribution in [0.3, 0.4) is 0 Å². The summed E-state index contributed by atoms with van der Waals surface area (Å²) in [6.45, 7) is 5.31. The number of anilines is 3. The van der Waals surface area contributed by atoms with Crippen molar-refractivity contribution in [1.29, 1.82) is 5.26 Å². The van der Waals surface area contributed by atoms with E-state index >= 15 is 0 Å². The van der Waals surface area contributed by atoms with Gasteiger partial charge in [0.25, 0.3) is 0 Å². The average Bonchev–Trinajstić information content (AvgIpc) is 3.75. The van der Waals surface area contributed by atoms with Crippen molar-refractivity contribution in [3.63, 3.8) is 0 Å². The zero-order valence-corrected chi connectivity index (χ0v) is 23.7. The molecule has 0 radical (unpaired) electrons. The van der Waals surface area contributed by atoms with Crippen LogP contribution in [0.2, 0.25) is 0 Å². The van der Waals surface area contributed by atoms with E-state index in [-0.39, 0.29) is 17.4 Å². The lowest BCUT2D eigenvalue weighted by Gasteiger charge is -2.24. The van der Waals surface area contributed by atoms with Crippen LogP contribution < -0.4 is 20.7 Å². The summed E-state index contributed by atoms with van der Waals surface area (Å²) >= 11 is 0. The maximum Gasteiger partial charge on any atom is 0.248 e. The van der Waals surface area contributed by atoms with Gasteiger partial charge >= 0.3 is 0 Å². The number of aromatic nitrogens is 4. The predicted octanol–water partition coefficient (Wildman–Crippen LogP) is 3.95. The van der Waals surface area contributed by atoms with Crippen LogP contribution >= 0.6 is 0 Å². The van der Waals surface area contributed by atoms with Crippen molar-refractivity contribution in [3.8, 4) is 23.2 Å². The van der Waals surface area contributed by atoms with Gasteiger partial charge in [-0.15, -0.1) is 0 Å². The molecule has 4 aromatic rings. The van der Waals surface area contributed by atoms with Gasteiger partial charge in [0.1, 0.15) is 17.6 Å². The topological polar surface area (TPSA) is 138 Å². The van der Waals surface area contributed by atoms with Crippen LogP contribution in [-0.2, 0) is 4.79 Å². The fraction of sp³-hybridized carbons (Fsp3) is 0.300. The van der Waals surface area contributed by atoms with Crippen molar-refractivity contribution in [2.45, 2.75) is 18.9 Å². The van der Waals surface area contributed by atoms with Gasteiger partial charge in [0.2, 0.25) is 17.7 Å². The Balaban J connectivity index is 1.57. The summed E-state index contributed by atoms with van der Waals surface area (Å²) in [6, 6.07) is 12.5. The van der Waals surface area contributed by atoms with E-state index in [1.165, 1.54) is 13.3 Å². The monoisotopic (exact) mass is 551 g/mol. The minimum absolute atomic E-state index is 0.115. The van der Waals surface area contributed by atoms with Crippen molar-refractivity contribution in [2.75, 3.05) is 51.6 Å². The molecule has 11 nitrogen and oxygen atoms in total. The lowest BCUT2D eigenvalue weighted by Crippen LogP contribution is -2.30. The van der Waals surface area contributed by atoms with Crippen molar-refractivity contribution in [2.24, 2.45) is 5.73 Å². The normalized spacial score (nSPS) is 12.8. The molecular formula is C30H33N9O2. The Labute approximate surface area is 238 Å². The van der Waals surface area contributed by atoms with Crippen molar-refractivity contribution in [1.82, 2.24) is 24.4 Å². The lowest BCUT2D eigenvalue weighted by molar-refractivity contribution is -0.112. The number of fused-ring (bicyclic) bond motifs is 1. The molecule has 210 valence electrons. The molecule has 5 rings (SSSR count). The summed E-state index contributed by atoms with van der Waals surface area (Å²) in [5.41, 5.74) is 9.47. The summed E-state index contributed by atoms with van der Waals surface area (Å²) in [4.78, 5) is 30.0. The molecule has 1 fully saturated rings. The highest BCUT2D eigenvalue weighted by molar-refractivity contribution is 6.19. The van der Waals surface area contributed by atoms with E-state index in [1.54, 1.807) is 6.07 Å². The molecule has 0 saturated heterocycles. The van der Waals surface area contributed by atoms with Crippen LogP contribution in [0.4, 0.5) is 17.5 Å². The zero-order valence-electron chi connectivity index (χ0n) is 23.7. The molecule has 3 N–H and O–H groups in total. The third-order valence-electron chi connectivity index (χ3n) is 7.12. The second kappa shape index (κ2) is 11.3. The van der Waals surface area contributed by atoms with E-state index in [4.69, 9.17) is 20.4 Å². The predicted molar refractivity (Wildman–Crippen MR) is 160 cm³/mol. The molecule has 1 aliphatic carbocycles. The molecule has 1 amide bonds. The Bertz CT molecular complexity index is 1680. The molecule has 41 heavy (non-hydrogen) atoms. The summed E-state index contributed by atoms with van der Waals surface area (Å²) in [5.74, 6) is 0.366. The number of methoxy groups -OCH3 is 1. The number of nitrogens with zero attached hydrogens (tertiary/aromatic N) is 7. The third-order valence-corrected chi connectivity index (χ3v) is 7.12. The number of rotatable bonds is 11. The lowest BCUT2D eigenvalue weighted by atomic mass is 10.1. The fourth-order valence-corrected chi connectivity index (χ4v) is 4.73. The van der Waals surface area contributed by atoms with Crippen LogP contribution in [-0.4, -0.2) is 71.7 Å². The number of nitriles is 1. The number of hydrogen-bond donors (Lipinski definition) is 2. The van der Waals surface area contributed by atoms with Gasteiger partial charge in [-0.25, -0.2) is 9.97 Å². The SMILES string of the molecule is C=C(C(N)=O)c1cc(Nc2ncc(C#N)c(-c3cn(C4CC4)c4ccccc34)n2)c(OC)nc1N(C)CCN(C)C. The summed E-state index contributed by atoms with van der Waals surface area (Å²) in [5, 5.41) is 14.1. The van der Waals surface area contributed by atoms with E-state index in [1.807, 2.05) is 49.1 Å². The average molecular weight is 552 g/mol. The smallest absolute Gasteiger partial charge is 0.248 e. The minimum atomic E-state index is -0.658. The maximum atomic E-state index is 12.2. The van der Waals surface area contributed by atoms with Gasteiger partial charge in [0, 0.05) is 60.0 Å². The molecule has 1 saturated carbocycles. The van der Waals surface area contributed by atoms with Crippen LogP contribution in [0.5, 0.6) is 5.88 Å². The molecule has 0 unspecified atom stereocenters. The Morgan fingerprint density at radius 2 is 2.00 bits per heavy atom. The number of nitrogens with one attached hydrogen (secondary N) is 1. The molecular weight excluding hydrogens is 518 g/mol. The standard InChI is InChI=1S/C30H33N9O2/c1-18(27(32)40)22-14-24(29(41-5)36-28(22)38(4)13-12-37(2)3)34-30-33-16-19(15-31)26(35-30)23-17-39(20-10-11-20)25-9-7-6-8-21(23)25/h6-9,14,16-17,20H,1,10-13H2,2-5H3,(H2,32,40)(H,33,34,35). The van der Waals surface area contributed by atoms with E-state index in [9.17, 15) is 10.1 Å². The number of carbonyl (C=O) groups excluding carboxylic acids is 1. The van der Waals surface area contributed by atoms with Crippen molar-refractivity contribution < 1.29 is 9.53 Å². The second-order valence-corrected chi connectivity index (χ2v) is 10.4. The van der Waals surface area contributed by atoms with Crippen LogP contribution in [0, 0.1) is 11.3 Å². The van der Waals surface area contributed by atoms with Gasteiger partial charge in [0.15, 0.2) is 0 Å². The largest absolute Gasteiger partial charge is 0.479 e. The molecule has 0 bridgehead atoms. The van der Waals surface area contributed by atoms with E-state index in [0.29, 0.717) is 40.9 Å². The van der Waals surface area contributed by atoms with Gasteiger partial charge in [0.05, 0.1) is 24.6 Å². The number of benzene rings is 1. The third kappa shape index (κ3) is 5.55. The quantitative estimate of drug-likeness (QED) is 0.265. The molecule has 11 heteroatoms. The number of nitrogens with two attached hydrogens (primary N) is 1. The van der Waals surface area contributed by atoms with Crippen molar-refractivity contribution in [3.05, 3.63) is 60.4 Å². The summed E-state index contributed by atoms with van der Waals surface area (Å²) in [7, 11) is 7.35. The first-order valence-corrected chi connectivity index (χ1v) is 13.3. The van der Waals surface area contributed by atoms with E-state index in [2.05, 4.69) is 39.8 Å². The van der Waals surface area contributed by atoms with Gasteiger partial charge < -0.3 is 30.2 Å². The van der Waals surface area contributed by atoms with Crippen LogP contribution in [0.15, 0.2) is 49.3 Å². The highest BCUT2D eigenvalue weighted by atomic mass is 16.5. The molecule has 0 atom stereocenters. The van der Waals surface area contributed by atoms with Crippen molar-refractivity contribution >= 4 is 39.8 Å². The van der Waals surface area contributed by atoms with Gasteiger partial charge in [-0.2, -0.15) is 10.2 Å². The molecule has 3 aromatic heterocycles. The van der Waals surface area contributed by atoms with Crippen LogP contribution in [0.1, 0.15) is 30.0 Å². The number of ether oxygens (including phenoxy) is 1. The summed E-state index contributed by atoms with van der Waals surface area (Å²) < 4.78 is 7.88. The Hall–Kier alpha value is -4.95. The number of carbonyl (C=O) groups is 1. The molecule has 3 heterocycles. The number of para-hydroxylation sites is 1. The fourth-order valence-electron chi connectivity index (χ4n) is 4.73. The number of pyridine rings is 1. The number of likely N-dealkylation sites (N-methyl/N-ethyl adjacent to an activating group) is 2. The number of primary amides is 1. The summed E-state index contributed by atoms with van der Waals surface area (Å²) in [6.07, 6.45) is 5.84. The first-order valence-electron chi connectivity index (χ1n) is 13.3. The van der Waals surface area contributed by atoms with Gasteiger partial charge in [-0.05, 0) is 39.1 Å². The van der Waals surface area contributed by atoms with Gasteiger partial charge in [-0.3, -0.25) is 4.79 Å². The van der Waals surface area contributed by atoms with Gasteiger partial charge in [-0.1, -0.05) is 24.8 Å². The van der Waals surface area contributed by atoms with E-state index in [0.717, 1.165) is 35.9 Å². The molecule has 1 aromatic carbocycles.